The maximum Gasteiger partial charge on any atom is 0.329 e. The van der Waals surface area contributed by atoms with Crippen LogP contribution in [-0.2, 0) is 25.4 Å². The largest absolute Gasteiger partial charge is 0.491 e. The molecule has 0 fully saturated rings. The van der Waals surface area contributed by atoms with Gasteiger partial charge in [-0.1, -0.05) is 48.5 Å². The van der Waals surface area contributed by atoms with Crippen molar-refractivity contribution in [3.8, 4) is 5.75 Å². The molecular weight excluding hydrogens is 388 g/mol. The van der Waals surface area contributed by atoms with E-state index in [-0.39, 0.29) is 26.4 Å². The minimum atomic E-state index is -1.05. The summed E-state index contributed by atoms with van der Waals surface area (Å²) < 4.78 is 22.0. The fourth-order valence-electron chi connectivity index (χ4n) is 2.66. The third-order valence-electron chi connectivity index (χ3n) is 4.14. The summed E-state index contributed by atoms with van der Waals surface area (Å²) in [6, 6.07) is 19.3. The molecule has 0 radical (unpaired) electrons. The highest BCUT2D eigenvalue weighted by atomic mass is 16.6. The van der Waals surface area contributed by atoms with E-state index in [9.17, 15) is 9.90 Å². The number of carboxylic acids is 1. The summed E-state index contributed by atoms with van der Waals surface area (Å²) in [4.78, 5) is 10.6. The molecule has 164 valence electrons. The van der Waals surface area contributed by atoms with E-state index >= 15 is 0 Å². The van der Waals surface area contributed by atoms with Gasteiger partial charge in [-0.15, -0.1) is 0 Å². The zero-order valence-electron chi connectivity index (χ0n) is 17.0. The predicted octanol–water partition coefficient (Wildman–Crippen LogP) is 2.56. The molecule has 0 saturated heterocycles. The quantitative estimate of drug-likeness (QED) is 0.405. The monoisotopic (exact) mass is 418 g/mol. The molecule has 7 heteroatoms. The lowest BCUT2D eigenvalue weighted by Gasteiger charge is -2.20. The van der Waals surface area contributed by atoms with Gasteiger partial charge in [-0.2, -0.15) is 0 Å². The third kappa shape index (κ3) is 10.9. The standard InChI is InChI=1S/C23H30O7/c24-20(14-29-21-11-5-2-6-12-21)15-30-22(17-28-18-23(25)26)16-27-13-7-10-19-8-3-1-4-9-19/h1-6,8-9,11-12,20,22,24H,7,10,13-18H2,(H,25,26). The Morgan fingerprint density at radius 3 is 2.23 bits per heavy atom. The average molecular weight is 418 g/mol. The number of aliphatic hydroxyl groups is 1. The maximum absolute atomic E-state index is 10.6. The van der Waals surface area contributed by atoms with Gasteiger partial charge >= 0.3 is 5.97 Å². The van der Waals surface area contributed by atoms with Crippen LogP contribution in [0.1, 0.15) is 12.0 Å². The number of para-hydroxylation sites is 1. The normalized spacial score (nSPS) is 13.0. The van der Waals surface area contributed by atoms with Crippen molar-refractivity contribution in [3.63, 3.8) is 0 Å². The van der Waals surface area contributed by atoms with Crippen molar-refractivity contribution < 1.29 is 34.0 Å². The van der Waals surface area contributed by atoms with Crippen LogP contribution in [-0.4, -0.2) is 68.0 Å². The number of carbonyl (C=O) groups is 1. The number of aliphatic hydroxyl groups excluding tert-OH is 1. The molecule has 0 heterocycles. The summed E-state index contributed by atoms with van der Waals surface area (Å²) in [5.74, 6) is -0.381. The van der Waals surface area contributed by atoms with Gasteiger partial charge in [-0.05, 0) is 30.5 Å². The Hall–Kier alpha value is -2.45. The average Bonchev–Trinajstić information content (AvgIpc) is 2.76. The van der Waals surface area contributed by atoms with Crippen LogP contribution in [0.15, 0.2) is 60.7 Å². The Balaban J connectivity index is 1.66. The van der Waals surface area contributed by atoms with Gasteiger partial charge in [0.2, 0.25) is 0 Å². The van der Waals surface area contributed by atoms with Crippen LogP contribution in [0.5, 0.6) is 5.75 Å². The summed E-state index contributed by atoms with van der Waals surface area (Å²) >= 11 is 0. The van der Waals surface area contributed by atoms with Crippen LogP contribution < -0.4 is 4.74 Å². The number of rotatable bonds is 16. The van der Waals surface area contributed by atoms with Gasteiger partial charge in [-0.25, -0.2) is 4.79 Å². The van der Waals surface area contributed by atoms with Crippen LogP contribution in [0.3, 0.4) is 0 Å². The predicted molar refractivity (Wildman–Crippen MR) is 112 cm³/mol. The van der Waals surface area contributed by atoms with Crippen molar-refractivity contribution >= 4 is 5.97 Å². The van der Waals surface area contributed by atoms with Gasteiger partial charge in [0.1, 0.15) is 31.2 Å². The number of aryl methyl sites for hydroxylation is 1. The van der Waals surface area contributed by atoms with Crippen molar-refractivity contribution in [2.45, 2.75) is 25.0 Å². The van der Waals surface area contributed by atoms with Gasteiger partial charge in [0.05, 0.1) is 19.8 Å². The number of ether oxygens (including phenoxy) is 4. The van der Waals surface area contributed by atoms with Crippen molar-refractivity contribution in [2.75, 3.05) is 39.6 Å². The van der Waals surface area contributed by atoms with Gasteiger partial charge in [0, 0.05) is 6.61 Å². The SMILES string of the molecule is O=C(O)COCC(COCCCc1ccccc1)OCC(O)COc1ccccc1. The fourth-order valence-corrected chi connectivity index (χ4v) is 2.66. The third-order valence-corrected chi connectivity index (χ3v) is 4.14. The Morgan fingerprint density at radius 2 is 1.53 bits per heavy atom. The van der Waals surface area contributed by atoms with E-state index in [0.717, 1.165) is 12.8 Å². The molecule has 0 spiro atoms. The van der Waals surface area contributed by atoms with Crippen LogP contribution >= 0.6 is 0 Å². The van der Waals surface area contributed by atoms with Crippen LogP contribution in [0.25, 0.3) is 0 Å². The molecule has 0 amide bonds. The summed E-state index contributed by atoms with van der Waals surface area (Å²) in [5.41, 5.74) is 1.25. The summed E-state index contributed by atoms with van der Waals surface area (Å²) in [5, 5.41) is 18.8. The second kappa shape index (κ2) is 14.5. The molecule has 2 N–H and O–H groups in total. The van der Waals surface area contributed by atoms with E-state index in [1.165, 1.54) is 5.56 Å². The first-order chi connectivity index (χ1) is 14.6. The van der Waals surface area contributed by atoms with E-state index in [1.54, 1.807) is 12.1 Å². The Kier molecular flexibility index (Phi) is 11.5. The number of benzene rings is 2. The molecule has 30 heavy (non-hydrogen) atoms. The van der Waals surface area contributed by atoms with Crippen LogP contribution in [0.2, 0.25) is 0 Å². The summed E-state index contributed by atoms with van der Waals surface area (Å²) in [6.07, 6.45) is 0.468. The molecule has 2 atom stereocenters. The lowest BCUT2D eigenvalue weighted by Crippen LogP contribution is -2.32. The van der Waals surface area contributed by atoms with Crippen LogP contribution in [0, 0.1) is 0 Å². The first-order valence-electron chi connectivity index (χ1n) is 10.0. The molecule has 2 rings (SSSR count). The lowest BCUT2D eigenvalue weighted by atomic mass is 10.1. The van der Waals surface area contributed by atoms with Crippen LogP contribution in [0.4, 0.5) is 0 Å². The van der Waals surface area contributed by atoms with E-state index in [0.29, 0.717) is 12.4 Å². The molecule has 0 aliphatic heterocycles. The molecule has 2 aromatic carbocycles. The van der Waals surface area contributed by atoms with E-state index in [1.807, 2.05) is 36.4 Å². The molecule has 0 aliphatic carbocycles. The highest BCUT2D eigenvalue weighted by Crippen LogP contribution is 2.09. The molecule has 0 aliphatic rings. The zero-order valence-corrected chi connectivity index (χ0v) is 17.0. The second-order valence-corrected chi connectivity index (χ2v) is 6.81. The molecule has 0 saturated carbocycles. The molecule has 2 unspecified atom stereocenters. The maximum atomic E-state index is 10.6. The number of hydrogen-bond acceptors (Lipinski definition) is 6. The Labute approximate surface area is 177 Å². The van der Waals surface area contributed by atoms with Crippen molar-refractivity contribution in [1.29, 1.82) is 0 Å². The van der Waals surface area contributed by atoms with Gasteiger partial charge in [0.25, 0.3) is 0 Å². The van der Waals surface area contributed by atoms with Gasteiger partial charge in [0.15, 0.2) is 0 Å². The second-order valence-electron chi connectivity index (χ2n) is 6.81. The summed E-state index contributed by atoms with van der Waals surface area (Å²) in [7, 11) is 0. The topological polar surface area (TPSA) is 94.5 Å². The first kappa shape index (κ1) is 23.8. The van der Waals surface area contributed by atoms with Crippen molar-refractivity contribution in [1.82, 2.24) is 0 Å². The zero-order chi connectivity index (χ0) is 21.4. The first-order valence-corrected chi connectivity index (χ1v) is 10.0. The molecule has 0 aromatic heterocycles. The molecule has 0 bridgehead atoms. The molecule has 2 aromatic rings. The van der Waals surface area contributed by atoms with E-state index in [4.69, 9.17) is 24.1 Å². The minimum absolute atomic E-state index is 0.0291. The van der Waals surface area contributed by atoms with E-state index in [2.05, 4.69) is 12.1 Å². The van der Waals surface area contributed by atoms with Gasteiger partial charge in [-0.3, -0.25) is 0 Å². The number of hydrogen-bond donors (Lipinski definition) is 2. The fraction of sp³-hybridized carbons (Fsp3) is 0.435. The summed E-state index contributed by atoms with van der Waals surface area (Å²) in [6.45, 7) is 0.574. The number of carboxylic acid groups (broad SMARTS) is 1. The molecule has 7 nitrogen and oxygen atoms in total. The lowest BCUT2D eigenvalue weighted by molar-refractivity contribution is -0.145. The Bertz CT molecular complexity index is 693. The highest BCUT2D eigenvalue weighted by molar-refractivity contribution is 5.67. The molecular formula is C23H30O7. The number of aliphatic carboxylic acids is 1. The minimum Gasteiger partial charge on any atom is -0.491 e. The van der Waals surface area contributed by atoms with Gasteiger partial charge < -0.3 is 29.2 Å². The van der Waals surface area contributed by atoms with E-state index < -0.39 is 24.8 Å². The smallest absolute Gasteiger partial charge is 0.329 e. The Morgan fingerprint density at radius 1 is 0.867 bits per heavy atom. The highest BCUT2D eigenvalue weighted by Gasteiger charge is 2.15. The van der Waals surface area contributed by atoms with Crippen molar-refractivity contribution in [2.24, 2.45) is 0 Å². The van der Waals surface area contributed by atoms with Crippen molar-refractivity contribution in [3.05, 3.63) is 66.2 Å².